The number of benzene rings is 10. The van der Waals surface area contributed by atoms with Crippen LogP contribution in [0.3, 0.4) is 0 Å². The van der Waals surface area contributed by atoms with Crippen LogP contribution in [0.4, 0.5) is 0 Å². The van der Waals surface area contributed by atoms with Crippen molar-refractivity contribution in [1.82, 2.24) is 18.3 Å². The van der Waals surface area contributed by atoms with Gasteiger partial charge in [-0.15, -0.1) is 0 Å². The molecule has 5 aromatic heterocycles. The van der Waals surface area contributed by atoms with Crippen molar-refractivity contribution in [1.29, 1.82) is 10.5 Å². The quantitative estimate of drug-likeness (QED) is 0.177. The summed E-state index contributed by atoms with van der Waals surface area (Å²) in [7, 11) is 0. The smallest absolute Gasteiger partial charge is 0.137 e. The summed E-state index contributed by atoms with van der Waals surface area (Å²) in [6.07, 6.45) is 0. The van der Waals surface area contributed by atoms with Gasteiger partial charge in [-0.05, 0) is 54.6 Å². The van der Waals surface area contributed by atoms with Gasteiger partial charge < -0.3 is 22.7 Å². The van der Waals surface area contributed by atoms with Gasteiger partial charge in [0.1, 0.15) is 34.4 Å². The van der Waals surface area contributed by atoms with Crippen LogP contribution in [-0.4, -0.2) is 18.3 Å². The summed E-state index contributed by atoms with van der Waals surface area (Å²) in [5.74, 6) is 0. The highest BCUT2D eigenvalue weighted by atomic mass is 16.3. The molecule has 0 aliphatic rings. The highest BCUT2D eigenvalue weighted by Crippen LogP contribution is 2.49. The molecule has 0 saturated heterocycles. The first kappa shape index (κ1) is 37.4. The average Bonchev–Trinajstić information content (AvgIpc) is 4.20. The van der Waals surface area contributed by atoms with Gasteiger partial charge in [0.2, 0.25) is 0 Å². The van der Waals surface area contributed by atoms with E-state index in [2.05, 4.69) is 194 Å². The number of para-hydroxylation sites is 8. The van der Waals surface area contributed by atoms with Gasteiger partial charge in [0.15, 0.2) is 0 Å². The molecule has 10 aromatic carbocycles. The standard InChI is InChI=1S/C62H34N6O/c63-35-47-59(65-49-25-9-1-17-37(49)38-18-2-10-26-50(38)65)48(36-64)61(68-55-31-15-7-23-43(55)45-33-46-44-24-8-16-32-57(44)69-58(46)34-56(45)68)62(67-53-29-13-5-21-41(53)42-22-6-14-30-54(42)67)60(47)66-51-27-11-3-19-39(51)40-20-4-12-28-52(40)66/h1-34H. The fraction of sp³-hybridized carbons (Fsp3) is 0. The Balaban J connectivity index is 1.28. The predicted molar refractivity (Wildman–Crippen MR) is 281 cm³/mol. The molecule has 0 amide bonds. The Morgan fingerprint density at radius 3 is 0.957 bits per heavy atom. The van der Waals surface area contributed by atoms with Gasteiger partial charge in [-0.3, -0.25) is 0 Å². The van der Waals surface area contributed by atoms with Crippen LogP contribution in [-0.2, 0) is 0 Å². The topological polar surface area (TPSA) is 80.4 Å². The van der Waals surface area contributed by atoms with Crippen LogP contribution in [0, 0.1) is 22.7 Å². The van der Waals surface area contributed by atoms with Crippen molar-refractivity contribution >= 4 is 109 Å². The molecular formula is C62H34N6O. The van der Waals surface area contributed by atoms with Crippen LogP contribution < -0.4 is 0 Å². The summed E-state index contributed by atoms with van der Waals surface area (Å²) in [6, 6.07) is 77.0. The summed E-state index contributed by atoms with van der Waals surface area (Å²) < 4.78 is 15.7. The molecule has 0 fully saturated rings. The fourth-order valence-corrected chi connectivity index (χ4v) is 11.7. The molecule has 0 unspecified atom stereocenters. The van der Waals surface area contributed by atoms with E-state index >= 15 is 0 Å². The van der Waals surface area contributed by atoms with Crippen molar-refractivity contribution in [3.05, 3.63) is 217 Å². The Morgan fingerprint density at radius 2 is 0.565 bits per heavy atom. The molecule has 0 N–H and O–H groups in total. The van der Waals surface area contributed by atoms with Gasteiger partial charge in [-0.2, -0.15) is 10.5 Å². The van der Waals surface area contributed by atoms with Gasteiger partial charge in [0.25, 0.3) is 0 Å². The van der Waals surface area contributed by atoms with Crippen molar-refractivity contribution < 1.29 is 4.42 Å². The van der Waals surface area contributed by atoms with E-state index in [1.165, 1.54) is 0 Å². The number of nitrogens with zero attached hydrogens (tertiary/aromatic N) is 6. The zero-order chi connectivity index (χ0) is 45.5. The molecule has 7 heteroatoms. The number of rotatable bonds is 4. The summed E-state index contributed by atoms with van der Waals surface area (Å²) in [5, 5.41) is 35.0. The third kappa shape index (κ3) is 4.87. The Hall–Kier alpha value is -9.82. The lowest BCUT2D eigenvalue weighted by atomic mass is 9.98. The van der Waals surface area contributed by atoms with Crippen molar-refractivity contribution in [2.75, 3.05) is 0 Å². The minimum Gasteiger partial charge on any atom is -0.456 e. The zero-order valence-corrected chi connectivity index (χ0v) is 36.7. The van der Waals surface area contributed by atoms with Crippen molar-refractivity contribution in [3.63, 3.8) is 0 Å². The first-order valence-electron chi connectivity index (χ1n) is 23.1. The lowest BCUT2D eigenvalue weighted by Crippen LogP contribution is -2.16. The summed E-state index contributed by atoms with van der Waals surface area (Å²) in [5.41, 5.74) is 12.1. The number of nitriles is 2. The normalized spacial score (nSPS) is 12.0. The van der Waals surface area contributed by atoms with Gasteiger partial charge in [-0.1, -0.05) is 146 Å². The second-order valence-corrected chi connectivity index (χ2v) is 17.8. The van der Waals surface area contributed by atoms with E-state index in [0.717, 1.165) is 109 Å². The lowest BCUT2D eigenvalue weighted by Gasteiger charge is -2.27. The molecule has 318 valence electrons. The maximum atomic E-state index is 12.4. The fourth-order valence-electron chi connectivity index (χ4n) is 11.7. The Morgan fingerprint density at radius 1 is 0.261 bits per heavy atom. The van der Waals surface area contributed by atoms with E-state index in [-0.39, 0.29) is 0 Å². The molecule has 0 radical (unpaired) electrons. The Bertz CT molecular complexity index is 4660. The molecular weight excluding hydrogens is 845 g/mol. The van der Waals surface area contributed by atoms with Crippen molar-refractivity contribution in [2.24, 2.45) is 0 Å². The van der Waals surface area contributed by atoms with Crippen LogP contribution >= 0.6 is 0 Å². The molecule has 0 aliphatic carbocycles. The average molecular weight is 879 g/mol. The first-order valence-corrected chi connectivity index (χ1v) is 23.1. The highest BCUT2D eigenvalue weighted by Gasteiger charge is 2.34. The number of hydrogen-bond donors (Lipinski definition) is 0. The van der Waals surface area contributed by atoms with E-state index < -0.39 is 0 Å². The Labute approximate surface area is 392 Å². The van der Waals surface area contributed by atoms with Crippen LogP contribution in [0.5, 0.6) is 0 Å². The van der Waals surface area contributed by atoms with Gasteiger partial charge in [0.05, 0.1) is 66.9 Å². The molecule has 15 rings (SSSR count). The second kappa shape index (κ2) is 13.9. The molecule has 5 heterocycles. The predicted octanol–water partition coefficient (Wildman–Crippen LogP) is 15.7. The third-order valence-electron chi connectivity index (χ3n) is 14.4. The maximum absolute atomic E-state index is 12.4. The molecule has 0 bridgehead atoms. The maximum Gasteiger partial charge on any atom is 0.137 e. The molecule has 69 heavy (non-hydrogen) atoms. The molecule has 0 spiro atoms. The zero-order valence-electron chi connectivity index (χ0n) is 36.7. The van der Waals surface area contributed by atoms with Crippen LogP contribution in [0.25, 0.3) is 132 Å². The summed E-state index contributed by atoms with van der Waals surface area (Å²) in [6.45, 7) is 0. The minimum atomic E-state index is 0.354. The second-order valence-electron chi connectivity index (χ2n) is 17.8. The first-order chi connectivity index (χ1) is 34.2. The van der Waals surface area contributed by atoms with Gasteiger partial charge in [0, 0.05) is 59.9 Å². The highest BCUT2D eigenvalue weighted by molar-refractivity contribution is 6.19. The van der Waals surface area contributed by atoms with Crippen molar-refractivity contribution in [3.8, 4) is 34.9 Å². The number of hydrogen-bond acceptors (Lipinski definition) is 3. The van der Waals surface area contributed by atoms with E-state index in [0.29, 0.717) is 33.9 Å². The summed E-state index contributed by atoms with van der Waals surface area (Å²) in [4.78, 5) is 0. The third-order valence-corrected chi connectivity index (χ3v) is 14.4. The SMILES string of the molecule is N#Cc1c(-n2c3ccccc3c3ccccc32)c(C#N)c(-n2c3ccccc3c3cc4c(cc32)oc2ccccc24)c(-n2c3ccccc3c3ccccc32)c1-n1c2ccccc2c2ccccc21. The monoisotopic (exact) mass is 878 g/mol. The molecule has 0 aliphatic heterocycles. The van der Waals surface area contributed by atoms with E-state index in [1.807, 2.05) is 42.5 Å². The largest absolute Gasteiger partial charge is 0.456 e. The van der Waals surface area contributed by atoms with Gasteiger partial charge >= 0.3 is 0 Å². The Kier molecular flexibility index (Phi) is 7.51. The van der Waals surface area contributed by atoms with Crippen LogP contribution in [0.1, 0.15) is 11.1 Å². The summed E-state index contributed by atoms with van der Waals surface area (Å²) >= 11 is 0. The molecule has 7 nitrogen and oxygen atoms in total. The van der Waals surface area contributed by atoms with Crippen LogP contribution in [0.15, 0.2) is 211 Å². The molecule has 0 atom stereocenters. The molecule has 0 saturated carbocycles. The molecule has 15 aromatic rings. The van der Waals surface area contributed by atoms with E-state index in [9.17, 15) is 10.5 Å². The van der Waals surface area contributed by atoms with Gasteiger partial charge in [-0.25, -0.2) is 0 Å². The number of fused-ring (bicyclic) bond motifs is 15. The van der Waals surface area contributed by atoms with E-state index in [1.54, 1.807) is 0 Å². The lowest BCUT2D eigenvalue weighted by molar-refractivity contribution is 0.669. The number of aromatic nitrogens is 4. The van der Waals surface area contributed by atoms with Crippen molar-refractivity contribution in [2.45, 2.75) is 0 Å². The van der Waals surface area contributed by atoms with Crippen LogP contribution in [0.2, 0.25) is 0 Å². The minimum absolute atomic E-state index is 0.354. The number of furan rings is 1. The van der Waals surface area contributed by atoms with E-state index in [4.69, 9.17) is 4.42 Å².